The molecule has 0 radical (unpaired) electrons. The summed E-state index contributed by atoms with van der Waals surface area (Å²) in [4.78, 5) is 52.0. The van der Waals surface area contributed by atoms with Gasteiger partial charge in [-0.3, -0.25) is 24.0 Å². The fourth-order valence-corrected chi connectivity index (χ4v) is 4.93. The molecule has 2 heterocycles. The molecule has 2 aliphatic heterocycles. The number of aliphatic carboxylic acids is 1. The molecule has 13 heteroatoms. The van der Waals surface area contributed by atoms with Crippen LogP contribution in [0.4, 0.5) is 0 Å². The minimum atomic E-state index is -0.843. The Morgan fingerprint density at radius 3 is 1.44 bits per heavy atom. The largest absolute Gasteiger partial charge is 0.481 e. The molecule has 0 aromatic heterocycles. The van der Waals surface area contributed by atoms with Gasteiger partial charge in [0.2, 0.25) is 0 Å². The van der Waals surface area contributed by atoms with Crippen LogP contribution in [-0.4, -0.2) is 98.5 Å². The van der Waals surface area contributed by atoms with Crippen molar-refractivity contribution in [3.63, 3.8) is 0 Å². The van der Waals surface area contributed by atoms with Gasteiger partial charge in [0.1, 0.15) is 11.6 Å². The van der Waals surface area contributed by atoms with E-state index in [4.69, 9.17) is 29.2 Å². The van der Waals surface area contributed by atoms with Gasteiger partial charge in [-0.15, -0.1) is 0 Å². The van der Waals surface area contributed by atoms with E-state index in [2.05, 4.69) is 9.47 Å². The minimum absolute atomic E-state index is 0.0203. The molecule has 2 saturated heterocycles. The number of methoxy groups -OCH3 is 2. The maximum Gasteiger partial charge on any atom is 0.309 e. The van der Waals surface area contributed by atoms with Gasteiger partial charge in [0.25, 0.3) is 0 Å². The predicted octanol–water partition coefficient (Wildman–Crippen LogP) is 0.633. The first-order valence-corrected chi connectivity index (χ1v) is 13.1. The van der Waals surface area contributed by atoms with Gasteiger partial charge in [0, 0.05) is 58.0 Å². The number of hydrogen-bond donors (Lipinski definition) is 2. The number of hydrogen-bond acceptors (Lipinski definition) is 12. The maximum atomic E-state index is 11.0. The van der Waals surface area contributed by atoms with Gasteiger partial charge < -0.3 is 38.6 Å². The lowest BCUT2D eigenvalue weighted by Gasteiger charge is -2.41. The van der Waals surface area contributed by atoms with Gasteiger partial charge >= 0.3 is 17.9 Å². The van der Waals surface area contributed by atoms with Crippen LogP contribution in [0.2, 0.25) is 0 Å². The van der Waals surface area contributed by atoms with E-state index >= 15 is 0 Å². The molecule has 6 rings (SSSR count). The molecule has 2 N–H and O–H groups in total. The highest BCUT2D eigenvalue weighted by atomic mass is 16.7. The summed E-state index contributed by atoms with van der Waals surface area (Å²) < 4.78 is 30.5. The van der Waals surface area contributed by atoms with E-state index in [0.717, 1.165) is 26.1 Å². The average molecular weight is 559 g/mol. The normalized spacial score (nSPS) is 26.2. The summed E-state index contributed by atoms with van der Waals surface area (Å²) in [7, 11) is 2.74. The van der Waals surface area contributed by atoms with E-state index < -0.39 is 11.8 Å². The SMILES string of the molecule is COC(=O)C1CC(=O)C1.COC(=O)C1CC2(C1)OCCO2.O=C1CC(C(=O)O)C1.OCC1CC2(C1)OCCO2. The molecule has 0 atom stereocenters. The van der Waals surface area contributed by atoms with Gasteiger partial charge in [-0.2, -0.15) is 0 Å². The quantitative estimate of drug-likeness (QED) is 0.459. The molecule has 39 heavy (non-hydrogen) atoms. The van der Waals surface area contributed by atoms with E-state index in [1.807, 2.05) is 0 Å². The van der Waals surface area contributed by atoms with Crippen molar-refractivity contribution in [2.75, 3.05) is 47.3 Å². The zero-order valence-electron chi connectivity index (χ0n) is 22.4. The third kappa shape index (κ3) is 8.27. The summed E-state index contributed by atoms with van der Waals surface area (Å²) in [6, 6.07) is 0. The highest BCUT2D eigenvalue weighted by Gasteiger charge is 2.52. The molecule has 2 spiro atoms. The predicted molar refractivity (Wildman–Crippen MR) is 129 cm³/mol. The number of ketones is 2. The topological polar surface area (TPSA) is 181 Å². The molecule has 0 unspecified atom stereocenters. The first kappa shape index (κ1) is 31.1. The summed E-state index contributed by atoms with van der Waals surface area (Å²) >= 11 is 0. The van der Waals surface area contributed by atoms with Crippen LogP contribution in [0, 0.1) is 23.7 Å². The summed E-state index contributed by atoms with van der Waals surface area (Å²) in [6.07, 6.45) is 4.32. The van der Waals surface area contributed by atoms with E-state index in [1.54, 1.807) is 0 Å². The molecule has 4 aliphatic carbocycles. The number of carboxylic acid groups (broad SMARTS) is 1. The number of Topliss-reactive ketones (excluding diaryl/α,β-unsaturated/α-hetero) is 2. The molecule has 0 amide bonds. The Morgan fingerprint density at radius 1 is 0.718 bits per heavy atom. The van der Waals surface area contributed by atoms with Crippen LogP contribution in [0.5, 0.6) is 0 Å². The number of rotatable bonds is 4. The highest BCUT2D eigenvalue weighted by Crippen LogP contribution is 2.45. The number of ether oxygens (including phenoxy) is 6. The number of carbonyl (C=O) groups is 5. The molecule has 220 valence electrons. The van der Waals surface area contributed by atoms with Crippen molar-refractivity contribution in [2.45, 2.75) is 62.9 Å². The lowest BCUT2D eigenvalue weighted by molar-refractivity contribution is -0.235. The van der Waals surface area contributed by atoms with E-state index in [9.17, 15) is 24.0 Å². The summed E-state index contributed by atoms with van der Waals surface area (Å²) in [5.74, 6) is -1.84. The molecule has 6 aliphatic rings. The van der Waals surface area contributed by atoms with Crippen LogP contribution in [-0.2, 0) is 52.4 Å². The van der Waals surface area contributed by atoms with Crippen molar-refractivity contribution in [3.05, 3.63) is 0 Å². The van der Waals surface area contributed by atoms with E-state index in [0.29, 0.717) is 44.8 Å². The molecular formula is C26H38O13. The molecule has 0 bridgehead atoms. The van der Waals surface area contributed by atoms with Crippen LogP contribution in [0.15, 0.2) is 0 Å². The maximum absolute atomic E-state index is 11.0. The second-order valence-electron chi connectivity index (χ2n) is 10.4. The Kier molecular flexibility index (Phi) is 11.0. The summed E-state index contributed by atoms with van der Waals surface area (Å²) in [5.41, 5.74) is 0. The number of aliphatic hydroxyl groups excluding tert-OH is 1. The third-order valence-corrected chi connectivity index (χ3v) is 7.51. The molecule has 6 fully saturated rings. The first-order valence-electron chi connectivity index (χ1n) is 13.1. The zero-order valence-corrected chi connectivity index (χ0v) is 22.4. The molecular weight excluding hydrogens is 520 g/mol. The Balaban J connectivity index is 0.000000145. The van der Waals surface area contributed by atoms with Gasteiger partial charge in [-0.05, 0) is 5.92 Å². The lowest BCUT2D eigenvalue weighted by atomic mass is 9.79. The monoisotopic (exact) mass is 558 g/mol. The van der Waals surface area contributed by atoms with Crippen molar-refractivity contribution < 1.29 is 62.6 Å². The van der Waals surface area contributed by atoms with Crippen molar-refractivity contribution in [1.29, 1.82) is 0 Å². The van der Waals surface area contributed by atoms with Crippen LogP contribution < -0.4 is 0 Å². The standard InChI is InChI=1S/C8H12O4.C7H12O3.C6H8O3.C5H6O3/c1-10-7(9)6-4-8(5-6)11-2-3-12-8;8-5-6-3-7(4-6)9-1-2-10-7;1-9-6(8)4-2-5(7)3-4;6-4-1-3(2-4)5(7)8/h6H,2-5H2,1H3;6,8H,1-5H2;4H,2-3H2,1H3;3H,1-2H2,(H,7,8). The van der Waals surface area contributed by atoms with Gasteiger partial charge in [-0.25, -0.2) is 0 Å². The van der Waals surface area contributed by atoms with Gasteiger partial charge in [0.15, 0.2) is 11.6 Å². The van der Waals surface area contributed by atoms with E-state index in [-0.39, 0.29) is 66.5 Å². The Hall–Kier alpha value is -2.45. The second-order valence-corrected chi connectivity index (χ2v) is 10.4. The second kappa shape index (κ2) is 13.8. The Morgan fingerprint density at radius 2 is 1.10 bits per heavy atom. The third-order valence-electron chi connectivity index (χ3n) is 7.51. The van der Waals surface area contributed by atoms with E-state index in [1.165, 1.54) is 14.2 Å². The number of carboxylic acids is 1. The minimum Gasteiger partial charge on any atom is -0.481 e. The smallest absolute Gasteiger partial charge is 0.309 e. The van der Waals surface area contributed by atoms with Crippen LogP contribution >= 0.6 is 0 Å². The Bertz CT molecular complexity index is 872. The summed E-state index contributed by atoms with van der Waals surface area (Å²) in [6.45, 7) is 3.01. The molecule has 0 aromatic carbocycles. The molecule has 4 saturated carbocycles. The fourth-order valence-electron chi connectivity index (χ4n) is 4.93. The molecule has 0 aromatic rings. The summed E-state index contributed by atoms with van der Waals surface area (Å²) in [5, 5.41) is 16.9. The first-order chi connectivity index (χ1) is 18.5. The van der Waals surface area contributed by atoms with Crippen LogP contribution in [0.3, 0.4) is 0 Å². The van der Waals surface area contributed by atoms with Crippen LogP contribution in [0.25, 0.3) is 0 Å². The number of esters is 2. The van der Waals surface area contributed by atoms with Crippen molar-refractivity contribution in [3.8, 4) is 0 Å². The van der Waals surface area contributed by atoms with Gasteiger partial charge in [0.05, 0.1) is 58.4 Å². The van der Waals surface area contributed by atoms with Gasteiger partial charge in [-0.1, -0.05) is 0 Å². The van der Waals surface area contributed by atoms with Crippen molar-refractivity contribution >= 4 is 29.5 Å². The van der Waals surface area contributed by atoms with Crippen LogP contribution in [0.1, 0.15) is 51.4 Å². The van der Waals surface area contributed by atoms with Crippen molar-refractivity contribution in [2.24, 2.45) is 23.7 Å². The number of carbonyl (C=O) groups excluding carboxylic acids is 4. The fraction of sp³-hybridized carbons (Fsp3) is 0.808. The lowest BCUT2D eigenvalue weighted by Crippen LogP contribution is -2.48. The zero-order chi connectivity index (χ0) is 28.6. The molecule has 13 nitrogen and oxygen atoms in total. The number of aliphatic hydroxyl groups is 1. The average Bonchev–Trinajstić information content (AvgIpc) is 3.54. The van der Waals surface area contributed by atoms with Crippen molar-refractivity contribution in [1.82, 2.24) is 0 Å². The highest BCUT2D eigenvalue weighted by molar-refractivity contribution is 5.94. The Labute approximate surface area is 226 Å².